The smallest absolute Gasteiger partial charge is 0.169 e. The number of fused-ring (bicyclic) bond motifs is 1. The van der Waals surface area contributed by atoms with Gasteiger partial charge in [0.1, 0.15) is 5.76 Å². The van der Waals surface area contributed by atoms with Crippen molar-refractivity contribution in [2.75, 3.05) is 18.1 Å². The first-order chi connectivity index (χ1) is 12.3. The molecule has 2 heterocycles. The molecule has 0 saturated carbocycles. The number of hydrogen-bond acceptors (Lipinski definition) is 4. The van der Waals surface area contributed by atoms with Crippen molar-refractivity contribution in [1.82, 2.24) is 5.01 Å². The molecule has 4 rings (SSSR count). The highest BCUT2D eigenvalue weighted by molar-refractivity contribution is 9.10. The number of nitrogens with zero attached hydrogens (tertiary/aromatic N) is 3. The van der Waals surface area contributed by atoms with E-state index >= 15 is 0 Å². The Balaban J connectivity index is 1.74. The predicted molar refractivity (Wildman–Crippen MR) is 102 cm³/mol. The van der Waals surface area contributed by atoms with Crippen LogP contribution in [0.3, 0.4) is 0 Å². The summed E-state index contributed by atoms with van der Waals surface area (Å²) in [5.74, 6) is 0.941. The summed E-state index contributed by atoms with van der Waals surface area (Å²) in [4.78, 5) is 0. The number of hydrazine groups is 1. The summed E-state index contributed by atoms with van der Waals surface area (Å²) in [5.41, 5.74) is 1.87. The summed E-state index contributed by atoms with van der Waals surface area (Å²) in [5, 5.41) is 16.2. The van der Waals surface area contributed by atoms with E-state index < -0.39 is 0 Å². The second-order valence-electron chi connectivity index (χ2n) is 6.21. The standard InChI is InChI=1S/C20H18BrN3O/c21-20-10-8-16(25-20)14-23-11-3-4-12-24(23)19-9-7-15(13-22)17-5-1-2-6-18(17)19/h1-2,5-10H,3-4,11-12,14H2. The molecule has 5 heteroatoms. The highest BCUT2D eigenvalue weighted by Gasteiger charge is 2.23. The van der Waals surface area contributed by atoms with Gasteiger partial charge < -0.3 is 9.43 Å². The molecule has 0 bridgehead atoms. The molecule has 4 nitrogen and oxygen atoms in total. The molecule has 1 aliphatic rings. The summed E-state index contributed by atoms with van der Waals surface area (Å²) < 4.78 is 6.46. The number of halogens is 1. The van der Waals surface area contributed by atoms with Gasteiger partial charge in [-0.25, -0.2) is 5.01 Å². The number of hydrogen-bond donors (Lipinski definition) is 0. The van der Waals surface area contributed by atoms with Gasteiger partial charge in [0.25, 0.3) is 0 Å². The van der Waals surface area contributed by atoms with Crippen LogP contribution in [-0.2, 0) is 6.54 Å². The first-order valence-corrected chi connectivity index (χ1v) is 9.24. The molecule has 0 unspecified atom stereocenters. The molecule has 0 spiro atoms. The Bertz CT molecular complexity index is 944. The third kappa shape index (κ3) is 3.15. The summed E-state index contributed by atoms with van der Waals surface area (Å²) in [6.07, 6.45) is 2.33. The summed E-state index contributed by atoms with van der Waals surface area (Å²) in [6.45, 7) is 2.70. The maximum absolute atomic E-state index is 9.40. The van der Waals surface area contributed by atoms with Crippen LogP contribution in [0.5, 0.6) is 0 Å². The normalized spacial score (nSPS) is 15.4. The molecule has 1 aliphatic heterocycles. The fraction of sp³-hybridized carbons (Fsp3) is 0.250. The highest BCUT2D eigenvalue weighted by atomic mass is 79.9. The molecule has 0 radical (unpaired) electrons. The lowest BCUT2D eigenvalue weighted by Crippen LogP contribution is -2.47. The molecule has 1 saturated heterocycles. The molecular formula is C20H18BrN3O. The summed E-state index contributed by atoms with van der Waals surface area (Å²) >= 11 is 3.38. The molecule has 25 heavy (non-hydrogen) atoms. The van der Waals surface area contributed by atoms with Crippen molar-refractivity contribution in [3.05, 3.63) is 64.5 Å². The average molecular weight is 396 g/mol. The third-order valence-electron chi connectivity index (χ3n) is 4.64. The van der Waals surface area contributed by atoms with E-state index in [2.05, 4.69) is 44.1 Å². The van der Waals surface area contributed by atoms with Crippen LogP contribution in [-0.4, -0.2) is 18.1 Å². The average Bonchev–Trinajstić information content (AvgIpc) is 3.06. The van der Waals surface area contributed by atoms with E-state index in [1.54, 1.807) is 0 Å². The van der Waals surface area contributed by atoms with Crippen molar-refractivity contribution < 1.29 is 4.42 Å². The van der Waals surface area contributed by atoms with Crippen molar-refractivity contribution in [2.45, 2.75) is 19.4 Å². The Labute approximate surface area is 155 Å². The van der Waals surface area contributed by atoms with Gasteiger partial charge in [-0.2, -0.15) is 5.26 Å². The van der Waals surface area contributed by atoms with E-state index in [-0.39, 0.29) is 0 Å². The van der Waals surface area contributed by atoms with Crippen molar-refractivity contribution in [3.63, 3.8) is 0 Å². The van der Waals surface area contributed by atoms with E-state index in [9.17, 15) is 5.26 Å². The molecule has 1 fully saturated rings. The fourth-order valence-electron chi connectivity index (χ4n) is 3.48. The number of furan rings is 1. The number of benzene rings is 2. The van der Waals surface area contributed by atoms with Crippen molar-refractivity contribution in [1.29, 1.82) is 5.26 Å². The first-order valence-electron chi connectivity index (χ1n) is 8.45. The quantitative estimate of drug-likeness (QED) is 0.619. The van der Waals surface area contributed by atoms with Gasteiger partial charge in [-0.05, 0) is 53.0 Å². The molecule has 1 aromatic heterocycles. The van der Waals surface area contributed by atoms with E-state index in [1.807, 2.05) is 36.4 Å². The molecule has 3 aromatic rings. The summed E-state index contributed by atoms with van der Waals surface area (Å²) in [7, 11) is 0. The minimum atomic E-state index is 0.720. The van der Waals surface area contributed by atoms with Gasteiger partial charge in [0.15, 0.2) is 4.67 Å². The van der Waals surface area contributed by atoms with Crippen LogP contribution in [0, 0.1) is 11.3 Å². The molecule has 0 N–H and O–H groups in total. The van der Waals surface area contributed by atoms with Crippen LogP contribution >= 0.6 is 15.9 Å². The first kappa shape index (κ1) is 16.2. The van der Waals surface area contributed by atoms with Gasteiger partial charge in [0, 0.05) is 23.9 Å². The van der Waals surface area contributed by atoms with Crippen LogP contribution in [0.2, 0.25) is 0 Å². The topological polar surface area (TPSA) is 43.4 Å². The second-order valence-corrected chi connectivity index (χ2v) is 7.00. The van der Waals surface area contributed by atoms with Gasteiger partial charge >= 0.3 is 0 Å². The van der Waals surface area contributed by atoms with Crippen LogP contribution < -0.4 is 5.01 Å². The molecule has 0 aliphatic carbocycles. The van der Waals surface area contributed by atoms with E-state index in [0.717, 1.165) is 58.5 Å². The Kier molecular flexibility index (Phi) is 4.48. The van der Waals surface area contributed by atoms with Gasteiger partial charge in [-0.1, -0.05) is 24.3 Å². The van der Waals surface area contributed by atoms with E-state index in [0.29, 0.717) is 0 Å². The van der Waals surface area contributed by atoms with Crippen molar-refractivity contribution in [2.24, 2.45) is 0 Å². The third-order valence-corrected chi connectivity index (χ3v) is 5.07. The molecule has 126 valence electrons. The maximum Gasteiger partial charge on any atom is 0.169 e. The van der Waals surface area contributed by atoms with Gasteiger partial charge in [0.2, 0.25) is 0 Å². The highest BCUT2D eigenvalue weighted by Crippen LogP contribution is 2.32. The Morgan fingerprint density at radius 3 is 2.56 bits per heavy atom. The Morgan fingerprint density at radius 2 is 1.80 bits per heavy atom. The van der Waals surface area contributed by atoms with Crippen molar-refractivity contribution in [3.8, 4) is 6.07 Å². The van der Waals surface area contributed by atoms with Crippen LogP contribution in [0.25, 0.3) is 10.8 Å². The summed E-state index contributed by atoms with van der Waals surface area (Å²) in [6, 6.07) is 18.4. The SMILES string of the molecule is N#Cc1ccc(N2CCCCN2Cc2ccc(Br)o2)c2ccccc12. The largest absolute Gasteiger partial charge is 0.453 e. The molecule has 0 atom stereocenters. The Hall–Kier alpha value is -2.29. The predicted octanol–water partition coefficient (Wildman–Crippen LogP) is 5.08. The number of anilines is 1. The van der Waals surface area contributed by atoms with Crippen LogP contribution in [0.15, 0.2) is 57.6 Å². The van der Waals surface area contributed by atoms with E-state index in [1.165, 1.54) is 6.42 Å². The zero-order chi connectivity index (χ0) is 17.2. The monoisotopic (exact) mass is 395 g/mol. The van der Waals surface area contributed by atoms with Gasteiger partial charge in [0.05, 0.1) is 23.9 Å². The molecule has 0 amide bonds. The van der Waals surface area contributed by atoms with Crippen molar-refractivity contribution >= 4 is 32.4 Å². The zero-order valence-electron chi connectivity index (χ0n) is 13.8. The lowest BCUT2D eigenvalue weighted by Gasteiger charge is -2.40. The number of rotatable bonds is 3. The van der Waals surface area contributed by atoms with E-state index in [4.69, 9.17) is 4.42 Å². The van der Waals surface area contributed by atoms with Crippen LogP contribution in [0.4, 0.5) is 5.69 Å². The lowest BCUT2D eigenvalue weighted by atomic mass is 10.0. The Morgan fingerprint density at radius 1 is 1.00 bits per heavy atom. The number of nitriles is 1. The second kappa shape index (κ2) is 6.91. The fourth-order valence-corrected chi connectivity index (χ4v) is 3.82. The van der Waals surface area contributed by atoms with Gasteiger partial charge in [-0.15, -0.1) is 0 Å². The van der Waals surface area contributed by atoms with Gasteiger partial charge in [-0.3, -0.25) is 0 Å². The zero-order valence-corrected chi connectivity index (χ0v) is 15.4. The van der Waals surface area contributed by atoms with Crippen LogP contribution in [0.1, 0.15) is 24.2 Å². The minimum Gasteiger partial charge on any atom is -0.453 e. The molecular weight excluding hydrogens is 378 g/mol. The minimum absolute atomic E-state index is 0.720. The molecule has 2 aromatic carbocycles. The lowest BCUT2D eigenvalue weighted by molar-refractivity contribution is 0.189. The maximum atomic E-state index is 9.40.